The lowest BCUT2D eigenvalue weighted by Crippen LogP contribution is -2.77. The van der Waals surface area contributed by atoms with Gasteiger partial charge in [-0.1, -0.05) is 73.5 Å². The lowest BCUT2D eigenvalue weighted by atomic mass is 9.92. The van der Waals surface area contributed by atoms with E-state index in [-0.39, 0.29) is 16.0 Å². The van der Waals surface area contributed by atoms with Crippen molar-refractivity contribution >= 4 is 34.8 Å². The summed E-state index contributed by atoms with van der Waals surface area (Å²) in [5.74, 6) is -1.09. The van der Waals surface area contributed by atoms with E-state index in [4.69, 9.17) is 28.5 Å². The van der Waals surface area contributed by atoms with Gasteiger partial charge in [-0.25, -0.2) is 4.39 Å². The fourth-order valence-corrected chi connectivity index (χ4v) is 2.91. The largest absolute Gasteiger partial charge is 0.345 e. The quantitative estimate of drug-likeness (QED) is 0.387. The second kappa shape index (κ2) is 14.4. The standard InChI is InChI=1S/C17H14Cl2FN3O.C6H10.C2H6/c1-17(22,8-10-2-4-11(9-21)5-3-10)16(24)23-12-6-13(18)15(20)14(19)7-12;1-4-5-6(2)3;1-2/h2-7H,8,22H2,1H3,(H,23,24);4-5H,2H2,1,3H3;1-2H3/p+1/b;5-4-;/t17-;;/m1../s1. The van der Waals surface area contributed by atoms with Gasteiger partial charge in [0.15, 0.2) is 11.4 Å². The first-order valence-corrected chi connectivity index (χ1v) is 10.8. The summed E-state index contributed by atoms with van der Waals surface area (Å²) in [6.45, 7) is 13.3. The SMILES string of the molecule is C=C(C)/C=C\C.CC.C[C@@]([NH3+])(Cc1ccc(C#N)cc1)C(=O)Nc1cc(Cl)c(F)c(Cl)c1. The van der Waals surface area contributed by atoms with Crippen LogP contribution in [0.2, 0.25) is 10.0 Å². The van der Waals surface area contributed by atoms with E-state index in [2.05, 4.69) is 17.6 Å². The first-order valence-electron chi connectivity index (χ1n) is 10.1. The van der Waals surface area contributed by atoms with Crippen LogP contribution in [0, 0.1) is 17.1 Å². The van der Waals surface area contributed by atoms with Gasteiger partial charge in [-0.3, -0.25) is 4.79 Å². The van der Waals surface area contributed by atoms with Gasteiger partial charge in [0.05, 0.1) is 21.7 Å². The van der Waals surface area contributed by atoms with Gasteiger partial charge in [0.1, 0.15) is 0 Å². The number of benzene rings is 2. The third-order valence-corrected chi connectivity index (χ3v) is 4.47. The molecule has 0 heterocycles. The number of allylic oxidation sites excluding steroid dienone is 3. The van der Waals surface area contributed by atoms with Crippen LogP contribution in [0.4, 0.5) is 10.1 Å². The highest BCUT2D eigenvalue weighted by Crippen LogP contribution is 2.27. The molecule has 2 aromatic rings. The predicted octanol–water partition coefficient (Wildman–Crippen LogP) is 6.35. The summed E-state index contributed by atoms with van der Waals surface area (Å²) in [5, 5.41) is 11.1. The summed E-state index contributed by atoms with van der Waals surface area (Å²) < 4.78 is 13.4. The molecule has 0 bridgehead atoms. The molecule has 0 aromatic heterocycles. The van der Waals surface area contributed by atoms with Crippen LogP contribution in [0.1, 0.15) is 45.7 Å². The molecule has 32 heavy (non-hydrogen) atoms. The van der Waals surface area contributed by atoms with Crippen LogP contribution in [0.15, 0.2) is 60.7 Å². The third-order valence-electron chi connectivity index (χ3n) is 3.92. The Morgan fingerprint density at radius 1 is 1.25 bits per heavy atom. The minimum absolute atomic E-state index is 0.171. The van der Waals surface area contributed by atoms with Crippen molar-refractivity contribution < 1.29 is 14.9 Å². The summed E-state index contributed by atoms with van der Waals surface area (Å²) in [4.78, 5) is 12.5. The van der Waals surface area contributed by atoms with Gasteiger partial charge in [-0.2, -0.15) is 5.26 Å². The average molecular weight is 479 g/mol. The third kappa shape index (κ3) is 10.1. The summed E-state index contributed by atoms with van der Waals surface area (Å²) in [5.41, 5.74) is 5.80. The van der Waals surface area contributed by atoms with Crippen LogP contribution in [-0.2, 0) is 11.2 Å². The summed E-state index contributed by atoms with van der Waals surface area (Å²) in [6.07, 6.45) is 4.32. The van der Waals surface area contributed by atoms with Gasteiger partial charge in [-0.15, -0.1) is 0 Å². The molecule has 1 amide bonds. The normalized spacial score (nSPS) is 11.8. The first-order chi connectivity index (χ1) is 15.0. The number of carbonyl (C=O) groups is 1. The summed E-state index contributed by atoms with van der Waals surface area (Å²) in [7, 11) is 0. The van der Waals surface area contributed by atoms with Crippen molar-refractivity contribution in [2.75, 3.05) is 5.32 Å². The van der Waals surface area contributed by atoms with Crippen molar-refractivity contribution in [3.05, 3.63) is 87.7 Å². The zero-order valence-corrected chi connectivity index (χ0v) is 20.7. The average Bonchev–Trinajstić information content (AvgIpc) is 2.74. The van der Waals surface area contributed by atoms with Crippen LogP contribution < -0.4 is 11.1 Å². The lowest BCUT2D eigenvalue weighted by molar-refractivity contribution is -0.450. The van der Waals surface area contributed by atoms with Crippen molar-refractivity contribution in [1.82, 2.24) is 0 Å². The summed E-state index contributed by atoms with van der Waals surface area (Å²) >= 11 is 11.4. The number of quaternary nitrogens is 1. The smallest absolute Gasteiger partial charge is 0.285 e. The van der Waals surface area contributed by atoms with Gasteiger partial charge in [-0.05, 0) is 43.7 Å². The Kier molecular flexibility index (Phi) is 13.2. The molecule has 172 valence electrons. The second-order valence-corrected chi connectivity index (χ2v) is 7.91. The first kappa shape index (κ1) is 29.4. The van der Waals surface area contributed by atoms with E-state index in [9.17, 15) is 9.18 Å². The minimum Gasteiger partial charge on any atom is -0.345 e. The monoisotopic (exact) mass is 478 g/mol. The number of nitrogens with zero attached hydrogens (tertiary/aromatic N) is 1. The molecule has 2 rings (SSSR count). The van der Waals surface area contributed by atoms with E-state index in [0.29, 0.717) is 17.7 Å². The Balaban J connectivity index is 0.00000104. The van der Waals surface area contributed by atoms with E-state index < -0.39 is 11.4 Å². The van der Waals surface area contributed by atoms with Crippen molar-refractivity contribution in [2.24, 2.45) is 0 Å². The molecule has 4 nitrogen and oxygen atoms in total. The number of hydrogen-bond donors (Lipinski definition) is 2. The Morgan fingerprint density at radius 2 is 1.75 bits per heavy atom. The van der Waals surface area contributed by atoms with E-state index in [1.807, 2.05) is 45.9 Å². The molecule has 0 spiro atoms. The maximum Gasteiger partial charge on any atom is 0.285 e. The molecule has 0 saturated carbocycles. The highest BCUT2D eigenvalue weighted by Gasteiger charge is 2.33. The van der Waals surface area contributed by atoms with Crippen LogP contribution in [0.3, 0.4) is 0 Å². The predicted molar refractivity (Wildman–Crippen MR) is 132 cm³/mol. The Morgan fingerprint density at radius 3 is 2.12 bits per heavy atom. The van der Waals surface area contributed by atoms with Crippen molar-refractivity contribution in [2.45, 2.75) is 46.6 Å². The van der Waals surface area contributed by atoms with Crippen LogP contribution in [0.25, 0.3) is 0 Å². The van der Waals surface area contributed by atoms with Crippen molar-refractivity contribution in [3.8, 4) is 6.07 Å². The molecule has 7 heteroatoms. The van der Waals surface area contributed by atoms with Crippen LogP contribution >= 0.6 is 23.2 Å². The van der Waals surface area contributed by atoms with E-state index >= 15 is 0 Å². The highest BCUT2D eigenvalue weighted by atomic mass is 35.5. The zero-order chi connectivity index (χ0) is 24.9. The van der Waals surface area contributed by atoms with E-state index in [0.717, 1.165) is 11.1 Å². The number of carbonyl (C=O) groups excluding carboxylic acids is 1. The topological polar surface area (TPSA) is 80.5 Å². The zero-order valence-electron chi connectivity index (χ0n) is 19.2. The number of hydrogen-bond acceptors (Lipinski definition) is 2. The Bertz CT molecular complexity index is 955. The molecule has 2 aromatic carbocycles. The van der Waals surface area contributed by atoms with Gasteiger partial charge < -0.3 is 11.1 Å². The molecule has 4 N–H and O–H groups in total. The molecule has 0 aliphatic heterocycles. The number of amides is 1. The molecule has 0 radical (unpaired) electrons. The van der Waals surface area contributed by atoms with E-state index in [1.165, 1.54) is 12.1 Å². The van der Waals surface area contributed by atoms with E-state index in [1.54, 1.807) is 31.2 Å². The molecule has 0 fully saturated rings. The Hall–Kier alpha value is -2.65. The Labute approximate surface area is 200 Å². The van der Waals surface area contributed by atoms with Gasteiger partial charge in [0, 0.05) is 19.0 Å². The maximum atomic E-state index is 13.4. The van der Waals surface area contributed by atoms with Gasteiger partial charge >= 0.3 is 0 Å². The molecule has 0 saturated heterocycles. The van der Waals surface area contributed by atoms with Crippen LogP contribution in [0.5, 0.6) is 0 Å². The molecule has 0 unspecified atom stereocenters. The number of nitriles is 1. The van der Waals surface area contributed by atoms with Gasteiger partial charge in [0.25, 0.3) is 5.91 Å². The molecule has 0 aliphatic rings. The minimum atomic E-state index is -0.971. The second-order valence-electron chi connectivity index (χ2n) is 7.10. The number of nitrogens with one attached hydrogen (secondary N) is 1. The fourth-order valence-electron chi connectivity index (χ4n) is 2.42. The maximum absolute atomic E-state index is 13.4. The molecule has 0 aliphatic carbocycles. The number of anilines is 1. The summed E-state index contributed by atoms with van der Waals surface area (Å²) in [6, 6.07) is 11.5. The lowest BCUT2D eigenvalue weighted by Gasteiger charge is -2.20. The molecular weight excluding hydrogens is 448 g/mol. The van der Waals surface area contributed by atoms with Crippen LogP contribution in [-0.4, -0.2) is 11.4 Å². The number of rotatable bonds is 5. The van der Waals surface area contributed by atoms with Gasteiger partial charge in [0.2, 0.25) is 0 Å². The van der Waals surface area contributed by atoms with Crippen molar-refractivity contribution in [3.63, 3.8) is 0 Å². The van der Waals surface area contributed by atoms with Crippen molar-refractivity contribution in [1.29, 1.82) is 5.26 Å². The number of halogens is 3. The fraction of sp³-hybridized carbons (Fsp3) is 0.280. The highest BCUT2D eigenvalue weighted by molar-refractivity contribution is 6.35. The molecule has 1 atom stereocenters. The molecular formula is C25H31Cl2FN3O+.